The van der Waals surface area contributed by atoms with Gasteiger partial charge in [0, 0.05) is 19.4 Å². The molecule has 0 aliphatic heterocycles. The average molecular weight is 187 g/mol. The summed E-state index contributed by atoms with van der Waals surface area (Å²) in [5.74, 6) is 0.437. The Morgan fingerprint density at radius 1 is 1.54 bits per heavy atom. The minimum absolute atomic E-state index is 0.0774. The quantitative estimate of drug-likeness (QED) is 0.654. The number of ketones is 1. The van der Waals surface area contributed by atoms with Gasteiger partial charge in [-0.2, -0.15) is 0 Å². The molecule has 0 aliphatic carbocycles. The highest BCUT2D eigenvalue weighted by molar-refractivity contribution is 5.79. The van der Waals surface area contributed by atoms with Gasteiger partial charge in [-0.25, -0.2) is 0 Å². The van der Waals surface area contributed by atoms with Gasteiger partial charge in [-0.05, 0) is 12.3 Å². The lowest BCUT2D eigenvalue weighted by molar-refractivity contribution is -0.123. The van der Waals surface area contributed by atoms with Crippen molar-refractivity contribution in [2.24, 2.45) is 11.7 Å². The van der Waals surface area contributed by atoms with Crippen LogP contribution in [-0.4, -0.2) is 23.0 Å². The first-order valence-electron chi connectivity index (χ1n) is 4.87. The number of rotatable bonds is 6. The molecule has 1 atom stereocenters. The molecule has 1 unspecified atom stereocenters. The largest absolute Gasteiger partial charge is 0.388 e. The normalized spacial score (nSPS) is 15.8. The molecule has 0 amide bonds. The number of Topliss-reactive ketones (excluding diaryl/α,β-unsaturated/α-hetero) is 1. The van der Waals surface area contributed by atoms with Gasteiger partial charge in [0.05, 0.1) is 5.60 Å². The SMILES string of the molecule is CCC(=O)CC(O)(CN)CC(C)C. The molecule has 0 heterocycles. The third-order valence-electron chi connectivity index (χ3n) is 2.09. The minimum Gasteiger partial charge on any atom is -0.388 e. The monoisotopic (exact) mass is 187 g/mol. The van der Waals surface area contributed by atoms with Crippen molar-refractivity contribution in [2.45, 2.75) is 45.6 Å². The second-order valence-corrected chi connectivity index (χ2v) is 4.10. The maximum absolute atomic E-state index is 11.2. The van der Waals surface area contributed by atoms with Crippen molar-refractivity contribution in [2.75, 3.05) is 6.54 Å². The summed E-state index contributed by atoms with van der Waals surface area (Å²) in [4.78, 5) is 11.2. The summed E-state index contributed by atoms with van der Waals surface area (Å²) < 4.78 is 0. The molecule has 0 fully saturated rings. The molecule has 78 valence electrons. The van der Waals surface area contributed by atoms with Crippen LogP contribution in [0.15, 0.2) is 0 Å². The van der Waals surface area contributed by atoms with Crippen LogP contribution < -0.4 is 5.73 Å². The van der Waals surface area contributed by atoms with E-state index < -0.39 is 5.60 Å². The second-order valence-electron chi connectivity index (χ2n) is 4.10. The molecule has 13 heavy (non-hydrogen) atoms. The van der Waals surface area contributed by atoms with Crippen LogP contribution in [0.3, 0.4) is 0 Å². The van der Waals surface area contributed by atoms with E-state index >= 15 is 0 Å². The third kappa shape index (κ3) is 5.01. The number of aliphatic hydroxyl groups is 1. The summed E-state index contributed by atoms with van der Waals surface area (Å²) in [7, 11) is 0. The number of nitrogens with two attached hydrogens (primary N) is 1. The topological polar surface area (TPSA) is 63.3 Å². The lowest BCUT2D eigenvalue weighted by atomic mass is 9.87. The standard InChI is InChI=1S/C10H21NO2/c1-4-9(12)6-10(13,7-11)5-8(2)3/h8,13H,4-7,11H2,1-3H3. The van der Waals surface area contributed by atoms with Crippen LogP contribution in [-0.2, 0) is 4.79 Å². The first-order valence-corrected chi connectivity index (χ1v) is 4.87. The molecule has 0 aromatic rings. The van der Waals surface area contributed by atoms with E-state index in [9.17, 15) is 9.90 Å². The van der Waals surface area contributed by atoms with Gasteiger partial charge in [0.2, 0.25) is 0 Å². The molecule has 0 aromatic carbocycles. The fourth-order valence-electron chi connectivity index (χ4n) is 1.48. The maximum Gasteiger partial charge on any atom is 0.135 e. The van der Waals surface area contributed by atoms with Gasteiger partial charge >= 0.3 is 0 Å². The zero-order valence-electron chi connectivity index (χ0n) is 8.84. The van der Waals surface area contributed by atoms with E-state index in [2.05, 4.69) is 0 Å². The molecule has 0 radical (unpaired) electrons. The van der Waals surface area contributed by atoms with Crippen molar-refractivity contribution in [3.8, 4) is 0 Å². The van der Waals surface area contributed by atoms with Gasteiger partial charge in [-0.15, -0.1) is 0 Å². The Hall–Kier alpha value is -0.410. The van der Waals surface area contributed by atoms with Crippen LogP contribution in [0.4, 0.5) is 0 Å². The van der Waals surface area contributed by atoms with Crippen molar-refractivity contribution in [1.82, 2.24) is 0 Å². The molecule has 0 spiro atoms. The summed E-state index contributed by atoms with van der Waals surface area (Å²) in [5.41, 5.74) is 4.47. The van der Waals surface area contributed by atoms with Crippen molar-refractivity contribution in [1.29, 1.82) is 0 Å². The van der Waals surface area contributed by atoms with Gasteiger partial charge in [0.15, 0.2) is 0 Å². The van der Waals surface area contributed by atoms with E-state index in [1.54, 1.807) is 6.92 Å². The fourth-order valence-corrected chi connectivity index (χ4v) is 1.48. The van der Waals surface area contributed by atoms with Crippen LogP contribution >= 0.6 is 0 Å². The summed E-state index contributed by atoms with van der Waals surface area (Å²) in [5, 5.41) is 9.95. The van der Waals surface area contributed by atoms with Gasteiger partial charge in [-0.1, -0.05) is 20.8 Å². The molecule has 0 bridgehead atoms. The Labute approximate surface area is 80.3 Å². The zero-order chi connectivity index (χ0) is 10.5. The van der Waals surface area contributed by atoms with Gasteiger partial charge in [0.1, 0.15) is 5.78 Å². The van der Waals surface area contributed by atoms with E-state index in [-0.39, 0.29) is 18.7 Å². The number of hydrogen-bond acceptors (Lipinski definition) is 3. The highest BCUT2D eigenvalue weighted by Gasteiger charge is 2.28. The summed E-state index contributed by atoms with van der Waals surface area (Å²) in [6.45, 7) is 5.99. The Bertz CT molecular complexity index is 168. The van der Waals surface area contributed by atoms with Crippen LogP contribution in [0.25, 0.3) is 0 Å². The summed E-state index contributed by atoms with van der Waals surface area (Å²) in [6, 6.07) is 0. The molecule has 3 nitrogen and oxygen atoms in total. The molecular weight excluding hydrogens is 166 g/mol. The fraction of sp³-hybridized carbons (Fsp3) is 0.900. The van der Waals surface area contributed by atoms with Crippen LogP contribution in [0.1, 0.15) is 40.0 Å². The van der Waals surface area contributed by atoms with Gasteiger partial charge < -0.3 is 10.8 Å². The molecule has 3 N–H and O–H groups in total. The lowest BCUT2D eigenvalue weighted by Gasteiger charge is -2.27. The number of hydrogen-bond donors (Lipinski definition) is 2. The van der Waals surface area contributed by atoms with E-state index in [1.165, 1.54) is 0 Å². The van der Waals surface area contributed by atoms with Crippen molar-refractivity contribution < 1.29 is 9.90 Å². The zero-order valence-corrected chi connectivity index (χ0v) is 8.84. The Morgan fingerprint density at radius 3 is 2.38 bits per heavy atom. The van der Waals surface area contributed by atoms with Crippen LogP contribution in [0.2, 0.25) is 0 Å². The first-order chi connectivity index (χ1) is 5.93. The van der Waals surface area contributed by atoms with Gasteiger partial charge in [0.25, 0.3) is 0 Å². The molecule has 3 heteroatoms. The lowest BCUT2D eigenvalue weighted by Crippen LogP contribution is -2.41. The second kappa shape index (κ2) is 5.35. The smallest absolute Gasteiger partial charge is 0.135 e. The Balaban J connectivity index is 4.18. The van der Waals surface area contributed by atoms with Crippen LogP contribution in [0, 0.1) is 5.92 Å². The van der Waals surface area contributed by atoms with E-state index in [4.69, 9.17) is 5.73 Å². The molecule has 0 aromatic heterocycles. The van der Waals surface area contributed by atoms with Gasteiger partial charge in [-0.3, -0.25) is 4.79 Å². The number of carbonyl (C=O) groups excluding carboxylic acids is 1. The Morgan fingerprint density at radius 2 is 2.08 bits per heavy atom. The minimum atomic E-state index is -0.985. The maximum atomic E-state index is 11.2. The third-order valence-corrected chi connectivity index (χ3v) is 2.09. The van der Waals surface area contributed by atoms with Crippen molar-refractivity contribution in [3.63, 3.8) is 0 Å². The number of carbonyl (C=O) groups is 1. The highest BCUT2D eigenvalue weighted by atomic mass is 16.3. The van der Waals surface area contributed by atoms with E-state index in [0.29, 0.717) is 18.8 Å². The molecule has 0 rings (SSSR count). The highest BCUT2D eigenvalue weighted by Crippen LogP contribution is 2.20. The molecule has 0 saturated heterocycles. The van der Waals surface area contributed by atoms with Crippen molar-refractivity contribution in [3.05, 3.63) is 0 Å². The van der Waals surface area contributed by atoms with E-state index in [1.807, 2.05) is 13.8 Å². The predicted octanol–water partition coefficient (Wildman–Crippen LogP) is 1.09. The average Bonchev–Trinajstić information content (AvgIpc) is 2.02. The summed E-state index contributed by atoms with van der Waals surface area (Å²) in [6.07, 6.45) is 1.26. The van der Waals surface area contributed by atoms with Crippen LogP contribution in [0.5, 0.6) is 0 Å². The van der Waals surface area contributed by atoms with E-state index in [0.717, 1.165) is 0 Å². The van der Waals surface area contributed by atoms with Crippen molar-refractivity contribution >= 4 is 5.78 Å². The predicted molar refractivity (Wildman–Crippen MR) is 53.4 cm³/mol. The molecule has 0 saturated carbocycles. The molecular formula is C10H21NO2. The Kier molecular flexibility index (Phi) is 5.18. The molecule has 0 aliphatic rings. The first kappa shape index (κ1) is 12.6. The summed E-state index contributed by atoms with van der Waals surface area (Å²) >= 11 is 0.